The summed E-state index contributed by atoms with van der Waals surface area (Å²) >= 11 is 0. The number of H-pyrrole nitrogens is 1. The molecule has 1 fully saturated rings. The molecule has 2 aliphatic rings. The van der Waals surface area contributed by atoms with Crippen LogP contribution in [0.1, 0.15) is 36.1 Å². The summed E-state index contributed by atoms with van der Waals surface area (Å²) in [6.45, 7) is 1.63. The van der Waals surface area contributed by atoms with E-state index in [1.807, 2.05) is 12.3 Å². The molecule has 0 bridgehead atoms. The molecule has 0 saturated heterocycles. The molecule has 4 rings (SSSR count). The third kappa shape index (κ3) is 3.65. The summed E-state index contributed by atoms with van der Waals surface area (Å²) < 4.78 is 5.86. The van der Waals surface area contributed by atoms with Gasteiger partial charge >= 0.3 is 0 Å². The van der Waals surface area contributed by atoms with Gasteiger partial charge in [-0.3, -0.25) is 5.10 Å². The van der Waals surface area contributed by atoms with Crippen molar-refractivity contribution in [3.8, 4) is 0 Å². The molecular weight excluding hydrogens is 286 g/mol. The molecule has 0 radical (unpaired) electrons. The van der Waals surface area contributed by atoms with Gasteiger partial charge in [-0.15, -0.1) is 0 Å². The first-order valence-corrected chi connectivity index (χ1v) is 8.75. The first kappa shape index (κ1) is 14.9. The number of benzene rings is 1. The normalized spacial score (nSPS) is 26.5. The second-order valence-electron chi connectivity index (χ2n) is 7.02. The number of aryl methyl sites for hydroxylation is 1. The molecule has 1 unspecified atom stereocenters. The number of ether oxygens (including phenoxy) is 1. The number of fused-ring (bicyclic) bond motifs is 1. The van der Waals surface area contributed by atoms with E-state index >= 15 is 0 Å². The number of aromatic nitrogens is 2. The van der Waals surface area contributed by atoms with Crippen LogP contribution in [0.15, 0.2) is 36.5 Å². The smallest absolute Gasteiger partial charge is 0.0717 e. The fraction of sp³-hybridized carbons (Fsp3) is 0.526. The molecule has 0 spiro atoms. The van der Waals surface area contributed by atoms with Crippen LogP contribution < -0.4 is 5.32 Å². The van der Waals surface area contributed by atoms with Crippen LogP contribution in [0, 0.1) is 5.92 Å². The lowest BCUT2D eigenvalue weighted by atomic mass is 9.79. The summed E-state index contributed by atoms with van der Waals surface area (Å²) in [5.41, 5.74) is 4.00. The number of nitrogens with zero attached hydrogens (tertiary/aromatic N) is 1. The van der Waals surface area contributed by atoms with Crippen molar-refractivity contribution in [1.82, 2.24) is 15.5 Å². The van der Waals surface area contributed by atoms with Gasteiger partial charge in [0.1, 0.15) is 0 Å². The first-order chi connectivity index (χ1) is 11.4. The zero-order chi connectivity index (χ0) is 15.5. The Kier molecular flexibility index (Phi) is 4.44. The predicted octanol–water partition coefficient (Wildman–Crippen LogP) is 2.85. The van der Waals surface area contributed by atoms with Crippen LogP contribution in [0.5, 0.6) is 0 Å². The maximum atomic E-state index is 5.86. The van der Waals surface area contributed by atoms with Gasteiger partial charge in [-0.05, 0) is 49.1 Å². The van der Waals surface area contributed by atoms with Gasteiger partial charge in [0.05, 0.1) is 12.8 Å². The molecular formula is C19H25N3O. The second-order valence-corrected chi connectivity index (χ2v) is 7.02. The molecule has 2 aliphatic carbocycles. The Balaban J connectivity index is 1.14. The van der Waals surface area contributed by atoms with Crippen LogP contribution >= 0.6 is 0 Å². The highest BCUT2D eigenvalue weighted by Gasteiger charge is 2.31. The van der Waals surface area contributed by atoms with Crippen LogP contribution in [0.4, 0.5) is 0 Å². The Bertz CT molecular complexity index is 619. The summed E-state index contributed by atoms with van der Waals surface area (Å²) in [6.07, 6.45) is 7.97. The zero-order valence-electron chi connectivity index (χ0n) is 13.5. The minimum absolute atomic E-state index is 0.622. The highest BCUT2D eigenvalue weighted by atomic mass is 16.5. The summed E-state index contributed by atoms with van der Waals surface area (Å²) in [5.74, 6) is 0.726. The van der Waals surface area contributed by atoms with Gasteiger partial charge < -0.3 is 10.1 Å². The van der Waals surface area contributed by atoms with Crippen molar-refractivity contribution in [3.05, 3.63) is 53.3 Å². The number of hydrogen-bond donors (Lipinski definition) is 2. The average molecular weight is 311 g/mol. The standard InChI is InChI=1S/C19H25N3O/c1-2-4-14(5-3-1)12-23-13-15-8-18(9-15)21-17-6-7-19-16(10-17)11-20-22-19/h1-5,11,15,17-18,21H,6-10,12-13H2,(H,20,22). The minimum atomic E-state index is 0.622. The van der Waals surface area contributed by atoms with Crippen LogP contribution in [0.3, 0.4) is 0 Å². The molecule has 0 amide bonds. The number of hydrogen-bond acceptors (Lipinski definition) is 3. The summed E-state index contributed by atoms with van der Waals surface area (Å²) in [7, 11) is 0. The van der Waals surface area contributed by atoms with E-state index < -0.39 is 0 Å². The molecule has 1 aromatic carbocycles. The third-order valence-electron chi connectivity index (χ3n) is 5.19. The Labute approximate surface area is 137 Å². The van der Waals surface area contributed by atoms with Crippen molar-refractivity contribution in [1.29, 1.82) is 0 Å². The second kappa shape index (κ2) is 6.85. The number of nitrogens with one attached hydrogen (secondary N) is 2. The van der Waals surface area contributed by atoms with Crippen molar-refractivity contribution < 1.29 is 4.74 Å². The van der Waals surface area contributed by atoms with Gasteiger partial charge in [-0.25, -0.2) is 0 Å². The first-order valence-electron chi connectivity index (χ1n) is 8.75. The molecule has 2 N–H and O–H groups in total. The van der Waals surface area contributed by atoms with Gasteiger partial charge in [-0.1, -0.05) is 30.3 Å². The van der Waals surface area contributed by atoms with Gasteiger partial charge in [0, 0.05) is 24.4 Å². The van der Waals surface area contributed by atoms with Crippen molar-refractivity contribution >= 4 is 0 Å². The van der Waals surface area contributed by atoms with E-state index in [9.17, 15) is 0 Å². The van der Waals surface area contributed by atoms with Crippen LogP contribution in [-0.4, -0.2) is 28.9 Å². The summed E-state index contributed by atoms with van der Waals surface area (Å²) in [4.78, 5) is 0. The average Bonchev–Trinajstić information content (AvgIpc) is 3.01. The molecule has 1 saturated carbocycles. The Morgan fingerprint density at radius 1 is 1.17 bits per heavy atom. The maximum absolute atomic E-state index is 5.86. The van der Waals surface area contributed by atoms with Crippen LogP contribution in [0.2, 0.25) is 0 Å². The Morgan fingerprint density at radius 3 is 2.91 bits per heavy atom. The fourth-order valence-corrected chi connectivity index (χ4v) is 3.82. The topological polar surface area (TPSA) is 49.9 Å². The highest BCUT2D eigenvalue weighted by Crippen LogP contribution is 2.30. The van der Waals surface area contributed by atoms with E-state index in [0.717, 1.165) is 32.0 Å². The van der Waals surface area contributed by atoms with Gasteiger partial charge in [-0.2, -0.15) is 5.10 Å². The van der Waals surface area contributed by atoms with Gasteiger partial charge in [0.2, 0.25) is 0 Å². The molecule has 4 nitrogen and oxygen atoms in total. The van der Waals surface area contributed by atoms with Crippen LogP contribution in [-0.2, 0) is 24.2 Å². The monoisotopic (exact) mass is 311 g/mol. The minimum Gasteiger partial charge on any atom is -0.376 e. The van der Waals surface area contributed by atoms with E-state index in [-0.39, 0.29) is 0 Å². The molecule has 1 heterocycles. The molecule has 0 aliphatic heterocycles. The Hall–Kier alpha value is -1.65. The van der Waals surface area contributed by atoms with E-state index in [4.69, 9.17) is 4.74 Å². The lowest BCUT2D eigenvalue weighted by molar-refractivity contribution is 0.0425. The fourth-order valence-electron chi connectivity index (χ4n) is 3.82. The predicted molar refractivity (Wildman–Crippen MR) is 90.1 cm³/mol. The number of aromatic amines is 1. The molecule has 23 heavy (non-hydrogen) atoms. The van der Waals surface area contributed by atoms with Crippen molar-refractivity contribution in [2.75, 3.05) is 6.61 Å². The van der Waals surface area contributed by atoms with Gasteiger partial charge in [0.25, 0.3) is 0 Å². The molecule has 4 heteroatoms. The lowest BCUT2D eigenvalue weighted by Gasteiger charge is -2.39. The van der Waals surface area contributed by atoms with Crippen molar-refractivity contribution in [2.45, 2.75) is 50.8 Å². The molecule has 1 aromatic heterocycles. The van der Waals surface area contributed by atoms with Crippen molar-refractivity contribution in [3.63, 3.8) is 0 Å². The SMILES string of the molecule is c1ccc(COCC2CC(NC3CCc4[nH]ncc4C3)C2)cc1. The third-order valence-corrected chi connectivity index (χ3v) is 5.19. The van der Waals surface area contributed by atoms with Crippen LogP contribution in [0.25, 0.3) is 0 Å². The zero-order valence-corrected chi connectivity index (χ0v) is 13.5. The van der Waals surface area contributed by atoms with E-state index in [0.29, 0.717) is 12.1 Å². The summed E-state index contributed by atoms with van der Waals surface area (Å²) in [6, 6.07) is 11.7. The summed E-state index contributed by atoms with van der Waals surface area (Å²) in [5, 5.41) is 11.1. The lowest BCUT2D eigenvalue weighted by Crippen LogP contribution is -2.49. The molecule has 122 valence electrons. The Morgan fingerprint density at radius 2 is 2.04 bits per heavy atom. The van der Waals surface area contributed by atoms with E-state index in [2.05, 4.69) is 39.8 Å². The van der Waals surface area contributed by atoms with Crippen molar-refractivity contribution in [2.24, 2.45) is 5.92 Å². The quantitative estimate of drug-likeness (QED) is 0.862. The molecule has 2 aromatic rings. The van der Waals surface area contributed by atoms with Gasteiger partial charge in [0.15, 0.2) is 0 Å². The number of rotatable bonds is 6. The largest absolute Gasteiger partial charge is 0.376 e. The maximum Gasteiger partial charge on any atom is 0.0717 e. The van der Waals surface area contributed by atoms with E-state index in [1.165, 1.54) is 36.1 Å². The highest BCUT2D eigenvalue weighted by molar-refractivity contribution is 5.21. The van der Waals surface area contributed by atoms with E-state index in [1.54, 1.807) is 0 Å². The molecule has 1 atom stereocenters.